The molecule has 2 aromatic carbocycles. The fourth-order valence-electron chi connectivity index (χ4n) is 3.55. The molecule has 0 radical (unpaired) electrons. The third-order valence-electron chi connectivity index (χ3n) is 5.33. The van der Waals surface area contributed by atoms with Gasteiger partial charge < -0.3 is 5.11 Å². The summed E-state index contributed by atoms with van der Waals surface area (Å²) < 4.78 is 56.2. The van der Waals surface area contributed by atoms with E-state index in [2.05, 4.69) is 15.2 Å². The van der Waals surface area contributed by atoms with E-state index in [1.54, 1.807) is 18.2 Å². The maximum atomic E-state index is 14.4. The van der Waals surface area contributed by atoms with Crippen LogP contribution in [-0.4, -0.2) is 46.5 Å². The van der Waals surface area contributed by atoms with Gasteiger partial charge in [-0.05, 0) is 43.3 Å². The molecule has 2 atom stereocenters. The molecule has 192 valence electrons. The average molecular weight is 536 g/mol. The molecule has 0 spiro atoms. The number of halogens is 5. The first-order valence-electron chi connectivity index (χ1n) is 10.8. The minimum absolute atomic E-state index is 0.0713. The van der Waals surface area contributed by atoms with Crippen LogP contribution >= 0.6 is 11.6 Å². The summed E-state index contributed by atoms with van der Waals surface area (Å²) in [4.78, 5) is 17.2. The molecule has 0 aliphatic carbocycles. The number of aliphatic hydroxyl groups excluding tert-OH is 1. The van der Waals surface area contributed by atoms with Crippen molar-refractivity contribution in [2.75, 3.05) is 0 Å². The predicted octanol–water partition coefficient (Wildman–Crippen LogP) is 3.82. The highest BCUT2D eigenvalue weighted by Gasteiger charge is 2.39. The zero-order valence-electron chi connectivity index (χ0n) is 19.1. The van der Waals surface area contributed by atoms with E-state index in [0.717, 1.165) is 9.36 Å². The molecule has 0 aliphatic rings. The monoisotopic (exact) mass is 535 g/mol. The number of hydrogen-bond donors (Lipinski definition) is 1. The summed E-state index contributed by atoms with van der Waals surface area (Å²) in [5.74, 6) is -0.369. The van der Waals surface area contributed by atoms with Gasteiger partial charge in [-0.3, -0.25) is 4.57 Å². The first-order chi connectivity index (χ1) is 17.5. The second kappa shape index (κ2) is 10.2. The quantitative estimate of drug-likeness (QED) is 0.360. The third kappa shape index (κ3) is 5.40. The lowest BCUT2D eigenvalue weighted by atomic mass is 10.2. The first-order valence-corrected chi connectivity index (χ1v) is 11.1. The van der Waals surface area contributed by atoms with Crippen molar-refractivity contribution in [2.24, 2.45) is 0 Å². The predicted molar refractivity (Wildman–Crippen MR) is 124 cm³/mol. The van der Waals surface area contributed by atoms with Crippen molar-refractivity contribution < 1.29 is 22.7 Å². The van der Waals surface area contributed by atoms with E-state index in [0.29, 0.717) is 9.59 Å². The highest BCUT2D eigenvalue weighted by Crippen LogP contribution is 2.25. The highest BCUT2D eigenvalue weighted by molar-refractivity contribution is 6.30. The molecule has 14 heteroatoms. The molecule has 0 bridgehead atoms. The van der Waals surface area contributed by atoms with Crippen molar-refractivity contribution in [2.45, 2.75) is 38.5 Å². The van der Waals surface area contributed by atoms with E-state index in [9.17, 15) is 32.7 Å². The van der Waals surface area contributed by atoms with Gasteiger partial charge >= 0.3 is 11.9 Å². The molecule has 9 nitrogen and oxygen atoms in total. The summed E-state index contributed by atoms with van der Waals surface area (Å²) in [6.45, 7) is -0.308. The molecule has 2 aromatic heterocycles. The lowest BCUT2D eigenvalue weighted by Gasteiger charge is -2.15. The summed E-state index contributed by atoms with van der Waals surface area (Å²) in [7, 11) is 0. The van der Waals surface area contributed by atoms with E-state index in [4.69, 9.17) is 11.6 Å². The van der Waals surface area contributed by atoms with Gasteiger partial charge in [-0.1, -0.05) is 23.7 Å². The Labute approximate surface area is 211 Å². The average Bonchev–Trinajstić information content (AvgIpc) is 3.41. The van der Waals surface area contributed by atoms with Crippen LogP contribution in [0.15, 0.2) is 53.3 Å². The topological polar surface area (TPSA) is 115 Å². The lowest BCUT2D eigenvalue weighted by molar-refractivity contribution is -0.207. The fraction of sp³-hybridized carbons (Fsp3) is 0.261. The molecular formula is C23H18ClF4N7O2. The van der Waals surface area contributed by atoms with E-state index in [-0.39, 0.29) is 34.3 Å². The Morgan fingerprint density at radius 1 is 1.14 bits per heavy atom. The Hall–Kier alpha value is -4.02. The van der Waals surface area contributed by atoms with Gasteiger partial charge in [0.25, 0.3) is 0 Å². The zero-order chi connectivity index (χ0) is 26.9. The molecule has 0 saturated heterocycles. The Morgan fingerprint density at radius 3 is 2.43 bits per heavy atom. The largest absolute Gasteiger partial charge is 0.416 e. The van der Waals surface area contributed by atoms with Crippen LogP contribution in [0.3, 0.4) is 0 Å². The van der Waals surface area contributed by atoms with Crippen LogP contribution in [0.1, 0.15) is 30.3 Å². The van der Waals surface area contributed by atoms with Gasteiger partial charge in [0, 0.05) is 10.6 Å². The second-order valence-corrected chi connectivity index (χ2v) is 8.42. The molecule has 1 N–H and O–H groups in total. The zero-order valence-corrected chi connectivity index (χ0v) is 19.8. The smallest absolute Gasteiger partial charge is 0.382 e. The van der Waals surface area contributed by atoms with Crippen LogP contribution in [-0.2, 0) is 13.1 Å². The number of para-hydroxylation sites is 1. The van der Waals surface area contributed by atoms with Crippen LogP contribution in [0.5, 0.6) is 0 Å². The number of nitriles is 1. The standard InChI is InChI=1S/C23H18ClF4N7O2/c1-13(25)20-30-19(31-35(20)17-5-3-2-4-15(17)10-29)12-34-22(37)33(11-18(36)23(26,27)28)21(32-34)14-6-8-16(24)9-7-14/h2-9,13,18,36H,11-12H2,1H3. The van der Waals surface area contributed by atoms with E-state index in [1.807, 2.05) is 6.07 Å². The van der Waals surface area contributed by atoms with Crippen molar-refractivity contribution in [1.29, 1.82) is 5.26 Å². The van der Waals surface area contributed by atoms with E-state index < -0.39 is 37.2 Å². The minimum atomic E-state index is -4.97. The van der Waals surface area contributed by atoms with Crippen molar-refractivity contribution in [1.82, 2.24) is 29.1 Å². The number of rotatable bonds is 7. The van der Waals surface area contributed by atoms with Gasteiger partial charge in [-0.2, -0.15) is 18.4 Å². The number of aromatic nitrogens is 6. The summed E-state index contributed by atoms with van der Waals surface area (Å²) in [6, 6.07) is 14.1. The van der Waals surface area contributed by atoms with Crippen molar-refractivity contribution in [3.05, 3.63) is 81.3 Å². The molecule has 0 aliphatic heterocycles. The fourth-order valence-corrected chi connectivity index (χ4v) is 3.68. The number of nitrogens with zero attached hydrogens (tertiary/aromatic N) is 7. The summed E-state index contributed by atoms with van der Waals surface area (Å²) >= 11 is 5.89. The number of benzene rings is 2. The molecule has 0 amide bonds. The van der Waals surface area contributed by atoms with Crippen LogP contribution < -0.4 is 5.69 Å². The van der Waals surface area contributed by atoms with Gasteiger partial charge in [0.2, 0.25) is 0 Å². The van der Waals surface area contributed by atoms with Crippen LogP contribution in [0.4, 0.5) is 17.6 Å². The number of aliphatic hydroxyl groups is 1. The molecule has 0 fully saturated rings. The Kier molecular flexibility index (Phi) is 7.15. The normalized spacial score (nSPS) is 13.4. The van der Waals surface area contributed by atoms with Crippen LogP contribution in [0.25, 0.3) is 17.1 Å². The van der Waals surface area contributed by atoms with E-state index >= 15 is 0 Å². The molecular weight excluding hydrogens is 518 g/mol. The lowest BCUT2D eigenvalue weighted by Crippen LogP contribution is -2.37. The van der Waals surface area contributed by atoms with Crippen LogP contribution in [0, 0.1) is 11.3 Å². The summed E-state index contributed by atoms with van der Waals surface area (Å²) in [6.07, 6.45) is -9.40. The van der Waals surface area contributed by atoms with E-state index in [1.165, 1.54) is 37.3 Å². The van der Waals surface area contributed by atoms with Crippen molar-refractivity contribution in [3.63, 3.8) is 0 Å². The molecule has 2 unspecified atom stereocenters. The molecule has 4 rings (SSSR count). The third-order valence-corrected chi connectivity index (χ3v) is 5.59. The minimum Gasteiger partial charge on any atom is -0.382 e. The molecule has 37 heavy (non-hydrogen) atoms. The van der Waals surface area contributed by atoms with Crippen molar-refractivity contribution in [3.8, 4) is 23.1 Å². The Bertz CT molecular complexity index is 1520. The number of hydrogen-bond acceptors (Lipinski definition) is 6. The Balaban J connectivity index is 1.79. The SMILES string of the molecule is CC(F)c1nc(Cn2nc(-c3ccc(Cl)cc3)n(CC(O)C(F)(F)F)c2=O)nn1-c1ccccc1C#N. The second-order valence-electron chi connectivity index (χ2n) is 7.98. The summed E-state index contributed by atoms with van der Waals surface area (Å²) in [5, 5.41) is 27.7. The maximum Gasteiger partial charge on any atom is 0.416 e. The summed E-state index contributed by atoms with van der Waals surface area (Å²) in [5.41, 5.74) is -0.240. The first kappa shape index (κ1) is 26.1. The molecule has 0 saturated carbocycles. The number of alkyl halides is 4. The Morgan fingerprint density at radius 2 is 1.81 bits per heavy atom. The maximum absolute atomic E-state index is 14.4. The molecule has 2 heterocycles. The van der Waals surface area contributed by atoms with Gasteiger partial charge in [-0.15, -0.1) is 10.2 Å². The molecule has 4 aromatic rings. The van der Waals surface area contributed by atoms with Crippen LogP contribution in [0.2, 0.25) is 5.02 Å². The van der Waals surface area contributed by atoms with Gasteiger partial charge in [0.15, 0.2) is 29.7 Å². The van der Waals surface area contributed by atoms with Gasteiger partial charge in [0.1, 0.15) is 12.6 Å². The van der Waals surface area contributed by atoms with Gasteiger partial charge in [0.05, 0.1) is 17.8 Å². The highest BCUT2D eigenvalue weighted by atomic mass is 35.5. The van der Waals surface area contributed by atoms with Crippen molar-refractivity contribution >= 4 is 11.6 Å². The van der Waals surface area contributed by atoms with Gasteiger partial charge in [-0.25, -0.2) is 23.5 Å².